The number of imide groups is 1. The van der Waals surface area contributed by atoms with Crippen LogP contribution in [0.25, 0.3) is 5.69 Å². The molecule has 3 heterocycles. The van der Waals surface area contributed by atoms with Crippen molar-refractivity contribution in [2.45, 2.75) is 66.3 Å². The third kappa shape index (κ3) is 12.6. The molecule has 5 rings (SSSR count). The van der Waals surface area contributed by atoms with Gasteiger partial charge in [-0.2, -0.15) is 30.5 Å². The number of ether oxygens (including phenoxy) is 1. The third-order valence-corrected chi connectivity index (χ3v) is 11.8. The van der Waals surface area contributed by atoms with Crippen LogP contribution >= 0.6 is 69.9 Å². The van der Waals surface area contributed by atoms with E-state index in [9.17, 15) is 28.8 Å². The first-order valence-corrected chi connectivity index (χ1v) is 21.2. The minimum Gasteiger partial charge on any atom is -0.450 e. The van der Waals surface area contributed by atoms with E-state index in [2.05, 4.69) is 30.6 Å². The maximum atomic E-state index is 12.2. The molecule has 0 spiro atoms. The summed E-state index contributed by atoms with van der Waals surface area (Å²) < 4.78 is 7.92. The maximum Gasteiger partial charge on any atom is 0.414 e. The number of benzene rings is 2. The lowest BCUT2D eigenvalue weighted by Gasteiger charge is -2.12. The number of aromatic amines is 1. The van der Waals surface area contributed by atoms with Crippen LogP contribution in [0.3, 0.4) is 0 Å². The summed E-state index contributed by atoms with van der Waals surface area (Å²) in [6.07, 6.45) is -0.995. The number of alkyl carbamates (subject to hydrolysis) is 1. The van der Waals surface area contributed by atoms with Gasteiger partial charge >= 0.3 is 11.8 Å². The monoisotopic (exact) mass is 974 g/mol. The van der Waals surface area contributed by atoms with E-state index in [1.807, 2.05) is 38.0 Å². The van der Waals surface area contributed by atoms with E-state index in [1.165, 1.54) is 45.4 Å². The molecule has 0 unspecified atom stereocenters. The van der Waals surface area contributed by atoms with Crippen LogP contribution in [0.4, 0.5) is 10.5 Å². The Hall–Kier alpha value is -5.94. The van der Waals surface area contributed by atoms with Gasteiger partial charge in [0.15, 0.2) is 0 Å². The summed E-state index contributed by atoms with van der Waals surface area (Å²) in [4.78, 5) is 74.2. The van der Waals surface area contributed by atoms with Crippen molar-refractivity contribution in [2.24, 2.45) is 19.2 Å². The molecule has 19 nitrogen and oxygen atoms in total. The molecule has 63 heavy (non-hydrogen) atoms. The lowest BCUT2D eigenvalue weighted by atomic mass is 10.1. The minimum absolute atomic E-state index is 0.00638. The van der Waals surface area contributed by atoms with Gasteiger partial charge in [0.05, 0.1) is 47.9 Å². The lowest BCUT2D eigenvalue weighted by molar-refractivity contribution is -0.114. The first-order chi connectivity index (χ1) is 29.7. The molecule has 0 aliphatic rings. The maximum absolute atomic E-state index is 12.2. The van der Waals surface area contributed by atoms with Crippen LogP contribution in [0.5, 0.6) is 0 Å². The molecule has 25 heteroatoms. The van der Waals surface area contributed by atoms with Crippen molar-refractivity contribution >= 4 is 93.3 Å². The van der Waals surface area contributed by atoms with Crippen molar-refractivity contribution in [1.29, 1.82) is 10.5 Å². The van der Waals surface area contributed by atoms with Crippen LogP contribution in [-0.2, 0) is 23.6 Å². The van der Waals surface area contributed by atoms with Crippen molar-refractivity contribution in [3.05, 3.63) is 115 Å². The van der Waals surface area contributed by atoms with E-state index >= 15 is 0 Å². The Morgan fingerprint density at radius 1 is 0.810 bits per heavy atom. The fraction of sp³-hybridized carbons (Fsp3) is 0.263. The summed E-state index contributed by atoms with van der Waals surface area (Å²) in [6.45, 7) is 9.27. The van der Waals surface area contributed by atoms with Crippen molar-refractivity contribution in [3.63, 3.8) is 0 Å². The van der Waals surface area contributed by atoms with Crippen molar-refractivity contribution in [1.82, 2.24) is 39.6 Å². The average molecular weight is 977 g/mol. The SMILES string of the molecule is CC(C)c1cc(Sc2c(Cl)cc(-n3nc(C#N)c(=O)[nH]c3=O)cc2Cl)nn(C)c1=O.CCOC(=O)NC(=O)/C(C#N)=N\Nc1cc(Cl)c(Sc2cc(C(C)C)c(=O)n(C)n2)c(Cl)c1. The smallest absolute Gasteiger partial charge is 0.414 e. The number of carbonyl (C=O) groups is 2. The zero-order valence-corrected chi connectivity index (χ0v) is 38.7. The number of hydrazone groups is 1. The highest BCUT2D eigenvalue weighted by Gasteiger charge is 2.19. The average Bonchev–Trinajstić information content (AvgIpc) is 3.20. The summed E-state index contributed by atoms with van der Waals surface area (Å²) in [6, 6.07) is 12.4. The Labute approximate surface area is 386 Å². The largest absolute Gasteiger partial charge is 0.450 e. The second kappa shape index (κ2) is 21.9. The van der Waals surface area contributed by atoms with Gasteiger partial charge in [0.25, 0.3) is 22.6 Å². The van der Waals surface area contributed by atoms with Gasteiger partial charge < -0.3 is 4.74 Å². The van der Waals surface area contributed by atoms with E-state index in [0.717, 1.165) is 16.4 Å². The van der Waals surface area contributed by atoms with Gasteiger partial charge in [-0.1, -0.05) is 97.6 Å². The molecule has 328 valence electrons. The Morgan fingerprint density at radius 2 is 1.29 bits per heavy atom. The van der Waals surface area contributed by atoms with Crippen LogP contribution < -0.4 is 33.1 Å². The zero-order valence-electron chi connectivity index (χ0n) is 34.0. The second-order valence-electron chi connectivity index (χ2n) is 13.2. The van der Waals surface area contributed by atoms with Gasteiger partial charge in [0.1, 0.15) is 22.2 Å². The summed E-state index contributed by atoms with van der Waals surface area (Å²) in [5.41, 5.74) is 1.02. The number of amides is 2. The quantitative estimate of drug-likeness (QED) is 0.0956. The Bertz CT molecular complexity index is 2930. The summed E-state index contributed by atoms with van der Waals surface area (Å²) in [7, 11) is 3.13. The molecule has 0 radical (unpaired) electrons. The number of nitrogens with zero attached hydrogens (tertiary/aromatic N) is 9. The van der Waals surface area contributed by atoms with Crippen LogP contribution in [0.2, 0.25) is 20.1 Å². The predicted octanol–water partition coefficient (Wildman–Crippen LogP) is 6.39. The molecule has 5 aromatic rings. The van der Waals surface area contributed by atoms with E-state index in [4.69, 9.17) is 56.9 Å². The molecule has 0 fully saturated rings. The van der Waals surface area contributed by atoms with Gasteiger partial charge in [0.2, 0.25) is 11.4 Å². The number of H-pyrrole nitrogens is 1. The van der Waals surface area contributed by atoms with Crippen LogP contribution in [-0.4, -0.2) is 58.6 Å². The van der Waals surface area contributed by atoms with E-state index < -0.39 is 34.7 Å². The number of anilines is 1. The second-order valence-corrected chi connectivity index (χ2v) is 16.9. The van der Waals surface area contributed by atoms with Gasteiger partial charge in [0, 0.05) is 25.2 Å². The molecule has 0 atom stereocenters. The van der Waals surface area contributed by atoms with Gasteiger partial charge in [-0.25, -0.2) is 19.0 Å². The van der Waals surface area contributed by atoms with Crippen molar-refractivity contribution in [2.75, 3.05) is 12.0 Å². The highest BCUT2D eigenvalue weighted by atomic mass is 35.5. The number of nitriles is 2. The molecular formula is C38H34Cl4N12O7S2. The third-order valence-electron chi connectivity index (χ3n) is 8.06. The molecule has 0 saturated carbocycles. The van der Waals surface area contributed by atoms with Crippen molar-refractivity contribution in [3.8, 4) is 17.8 Å². The number of hydrogen-bond donors (Lipinski definition) is 3. The fourth-order valence-electron chi connectivity index (χ4n) is 5.05. The molecule has 0 aliphatic heterocycles. The topological polar surface area (TPSA) is 265 Å². The Kier molecular flexibility index (Phi) is 17.3. The van der Waals surface area contributed by atoms with E-state index in [0.29, 0.717) is 36.7 Å². The summed E-state index contributed by atoms with van der Waals surface area (Å²) in [5.74, 6) is -1.02. The number of rotatable bonds is 11. The molecule has 0 bridgehead atoms. The number of aryl methyl sites for hydroxylation is 2. The normalized spacial score (nSPS) is 11.1. The molecule has 2 amide bonds. The lowest BCUT2D eigenvalue weighted by Crippen LogP contribution is -2.36. The summed E-state index contributed by atoms with van der Waals surface area (Å²) >= 11 is 27.9. The molecule has 3 aromatic heterocycles. The number of halogens is 4. The van der Waals surface area contributed by atoms with Gasteiger partial charge in [-0.3, -0.25) is 34.9 Å². The van der Waals surface area contributed by atoms with Crippen LogP contribution in [0.1, 0.15) is 63.3 Å². The highest BCUT2D eigenvalue weighted by Crippen LogP contribution is 2.41. The molecule has 0 saturated heterocycles. The van der Waals surface area contributed by atoms with Crippen LogP contribution in [0.15, 0.2) is 80.5 Å². The Morgan fingerprint density at radius 3 is 1.71 bits per heavy atom. The molecule has 0 aliphatic carbocycles. The van der Waals surface area contributed by atoms with Crippen LogP contribution in [0, 0.1) is 22.7 Å². The number of hydrogen-bond acceptors (Lipinski definition) is 16. The predicted molar refractivity (Wildman–Crippen MR) is 239 cm³/mol. The number of carbonyl (C=O) groups excluding carboxylic acids is 2. The van der Waals surface area contributed by atoms with E-state index in [1.54, 1.807) is 45.3 Å². The van der Waals surface area contributed by atoms with Gasteiger partial charge in [-0.15, -0.1) is 5.10 Å². The molecule has 2 aromatic carbocycles. The first-order valence-electron chi connectivity index (χ1n) is 18.1. The van der Waals surface area contributed by atoms with Crippen molar-refractivity contribution < 1.29 is 14.3 Å². The highest BCUT2D eigenvalue weighted by molar-refractivity contribution is 7.99. The molecular weight excluding hydrogens is 942 g/mol. The van der Waals surface area contributed by atoms with Gasteiger partial charge in [-0.05, 0) is 55.2 Å². The molecule has 3 N–H and O–H groups in total. The fourth-order valence-corrected chi connectivity index (χ4v) is 8.21. The Balaban J connectivity index is 0.000000278. The zero-order chi connectivity index (χ0) is 46.9. The standard InChI is InChI=1S/C20H20Cl2N6O4S.C18H14Cl2N6O3S/c1-5-32-20(31)24-18(29)15(9-23)26-25-11-6-13(21)17(14(22)7-11)33-16-8-12(10(2)3)19(30)28(4)27-16;1-8(2)10-6-14(24-25(3)17(10)28)30-15-11(19)4-9(5-12(15)20)26-18(29)22-16(27)13(7-21)23-26/h6-8,10,25H,5H2,1-4H3,(H,24,29,31);4-6,8H,1-3H3,(H,22,27,29)/b26-15-;. The summed E-state index contributed by atoms with van der Waals surface area (Å²) in [5, 5.41) is 37.8. The first kappa shape index (κ1) is 49.7. The number of aromatic nitrogens is 7. The minimum atomic E-state index is -1.03. The number of nitrogens with one attached hydrogen (secondary N) is 3. The van der Waals surface area contributed by atoms with E-state index in [-0.39, 0.29) is 55.3 Å².